The van der Waals surface area contributed by atoms with Crippen LogP contribution in [0.15, 0.2) is 220 Å². The molecule has 8 unspecified atom stereocenters. The number of pyridine rings is 4. The number of nitrogens with one attached hydrogen (secondary N) is 1. The summed E-state index contributed by atoms with van der Waals surface area (Å²) >= 11 is 0. The van der Waals surface area contributed by atoms with Crippen LogP contribution in [0.5, 0.6) is 23.5 Å². The van der Waals surface area contributed by atoms with E-state index in [1.54, 1.807) is 92.0 Å². The van der Waals surface area contributed by atoms with E-state index in [4.69, 9.17) is 24.1 Å². The summed E-state index contributed by atoms with van der Waals surface area (Å²) in [4.78, 5) is 109. The van der Waals surface area contributed by atoms with Gasteiger partial charge >= 0.3 is 5.97 Å². The van der Waals surface area contributed by atoms with Gasteiger partial charge in [-0.15, -0.1) is 12.4 Å². The molecule has 8 bridgehead atoms. The van der Waals surface area contributed by atoms with E-state index in [1.807, 2.05) is 88.4 Å². The fourth-order valence-electron chi connectivity index (χ4n) is 19.4. The Bertz CT molecular complexity index is 5400. The van der Waals surface area contributed by atoms with E-state index in [1.165, 1.54) is 74.3 Å². The van der Waals surface area contributed by atoms with Gasteiger partial charge in [-0.3, -0.25) is 14.4 Å². The molecule has 8 saturated heterocycles. The van der Waals surface area contributed by atoms with E-state index in [0.717, 1.165) is 141 Å². The van der Waals surface area contributed by atoms with Crippen molar-refractivity contribution >= 4 is 36.1 Å². The molecule has 8 aliphatic heterocycles. The Morgan fingerprint density at radius 3 is 0.877 bits per heavy atom. The van der Waals surface area contributed by atoms with E-state index in [0.29, 0.717) is 107 Å². The first kappa shape index (κ1) is 91.6. The molecule has 0 saturated carbocycles. The predicted octanol–water partition coefficient (Wildman–Crippen LogP) is 18.0. The number of halogens is 5. The number of carbonyl (C=O) groups excluding carboxylic acids is 3. The van der Waals surface area contributed by atoms with Gasteiger partial charge in [0.25, 0.3) is 17.7 Å². The van der Waals surface area contributed by atoms with Crippen molar-refractivity contribution in [1.29, 1.82) is 0 Å². The molecule has 8 aromatic heterocycles. The average Bonchev–Trinajstić information content (AvgIpc) is 1.52. The molecule has 672 valence electrons. The number of aryl methyl sites for hydroxylation is 4. The van der Waals surface area contributed by atoms with Crippen molar-refractivity contribution in [3.63, 3.8) is 0 Å². The zero-order chi connectivity index (χ0) is 89.4. The first-order valence-corrected chi connectivity index (χ1v) is 44.3. The lowest BCUT2D eigenvalue weighted by Crippen LogP contribution is -2.49. The first-order chi connectivity index (χ1) is 62.8. The van der Waals surface area contributed by atoms with Crippen LogP contribution in [0.2, 0.25) is 0 Å². The normalized spacial score (nSPS) is 21.6. The summed E-state index contributed by atoms with van der Waals surface area (Å²) in [6, 6.07) is 43.8. The highest BCUT2D eigenvalue weighted by Crippen LogP contribution is 2.45. The largest absolute Gasteiger partial charge is 0.478 e. The van der Waals surface area contributed by atoms with Crippen molar-refractivity contribution in [1.82, 2.24) is 79.8 Å². The molecule has 4 aromatic carbocycles. The topological polar surface area (TPSA) is 302 Å². The number of carboxylic acid groups (broad SMARTS) is 1. The van der Waals surface area contributed by atoms with Gasteiger partial charge in [0.2, 0.25) is 23.5 Å². The summed E-state index contributed by atoms with van der Waals surface area (Å²) in [5.41, 5.74) is 8.97. The number of amides is 3. The highest BCUT2D eigenvalue weighted by atomic mass is 35.5. The van der Waals surface area contributed by atoms with Crippen LogP contribution < -0.4 is 24.3 Å². The first-order valence-electron chi connectivity index (χ1n) is 44.3. The molecule has 0 spiro atoms. The van der Waals surface area contributed by atoms with Crippen molar-refractivity contribution in [2.45, 2.75) is 179 Å². The lowest BCUT2D eigenvalue weighted by molar-refractivity contribution is 0.0396. The maximum atomic E-state index is 13.8. The van der Waals surface area contributed by atoms with Crippen LogP contribution in [-0.4, -0.2) is 178 Å². The number of carboxylic acids is 1. The zero-order valence-electron chi connectivity index (χ0n) is 72.7. The molecular weight excluding hydrogens is 1680 g/mol. The molecule has 8 aliphatic rings. The van der Waals surface area contributed by atoms with Crippen molar-refractivity contribution in [2.75, 3.05) is 26.4 Å². The maximum absolute atomic E-state index is 13.8. The standard InChI is InChI=1S/3C25H25FN4O2.C13H17FN2O.C12H10N2O2.ClH/c3*1-16-3-8-20(24-27-11-2-12-28-24)21(13-16)25(31)30-19-6-4-17(22(30)9-7-19)15-32-23-10-5-18(26)14-29-23;14-10-2-6-13(15-7-10)17-8-9-1-3-11-4-5-12(9)16-11;1-8-3-4-9(10(7-8)12(15)16)11-13-5-2-6-14-11;/h3*2-3,5,8,10-14,17,19,22H,4,6-7,9,15H2,1H3;2,6-7,9,11-12,16H,1,3-5,8H2;2-7H,1H3,(H,15,16);1H/t17-,19?,22+;17-,19-,22?;;;;/m11..../s1. The molecule has 8 fully saturated rings. The number of hydrogen-bond donors (Lipinski definition) is 2. The van der Waals surface area contributed by atoms with Crippen molar-refractivity contribution < 1.29 is 60.8 Å². The van der Waals surface area contributed by atoms with Crippen LogP contribution in [-0.2, 0) is 0 Å². The minimum Gasteiger partial charge on any atom is -0.478 e. The van der Waals surface area contributed by atoms with Gasteiger partial charge in [0, 0.05) is 168 Å². The quantitative estimate of drug-likeness (QED) is 0.0670. The number of benzene rings is 4. The van der Waals surface area contributed by atoms with Crippen LogP contribution in [0, 0.1) is 74.6 Å². The Morgan fingerprint density at radius 2 is 0.592 bits per heavy atom. The lowest BCUT2D eigenvalue weighted by atomic mass is 9.89. The smallest absolute Gasteiger partial charge is 0.336 e. The summed E-state index contributed by atoms with van der Waals surface area (Å²) < 4.78 is 75.2. The predicted molar refractivity (Wildman–Crippen MR) is 482 cm³/mol. The number of carbonyl (C=O) groups is 4. The third-order valence-electron chi connectivity index (χ3n) is 25.7. The van der Waals surface area contributed by atoms with Gasteiger partial charge < -0.3 is 44.1 Å². The molecule has 12 atom stereocenters. The molecule has 0 radical (unpaired) electrons. The second-order valence-electron chi connectivity index (χ2n) is 34.2. The van der Waals surface area contributed by atoms with E-state index in [9.17, 15) is 36.7 Å². The second-order valence-corrected chi connectivity index (χ2v) is 34.2. The maximum Gasteiger partial charge on any atom is 0.336 e. The van der Waals surface area contributed by atoms with Gasteiger partial charge in [0.15, 0.2) is 23.3 Å². The summed E-state index contributed by atoms with van der Waals surface area (Å²) in [5.74, 6) is 2.72. The highest BCUT2D eigenvalue weighted by Gasteiger charge is 2.49. The van der Waals surface area contributed by atoms with Gasteiger partial charge in [-0.2, -0.15) is 0 Å². The Balaban J connectivity index is 0.000000128. The highest BCUT2D eigenvalue weighted by molar-refractivity contribution is 6.03. The van der Waals surface area contributed by atoms with Crippen molar-refractivity contribution in [3.8, 4) is 69.1 Å². The van der Waals surface area contributed by atoms with Gasteiger partial charge in [-0.1, -0.05) is 70.8 Å². The number of piperidine rings is 4. The molecular formula is C100H103ClF4N16O9. The summed E-state index contributed by atoms with van der Waals surface area (Å²) in [6.45, 7) is 9.88. The Morgan fingerprint density at radius 1 is 0.331 bits per heavy atom. The molecule has 12 aromatic rings. The summed E-state index contributed by atoms with van der Waals surface area (Å²) in [6.07, 6.45) is 34.8. The van der Waals surface area contributed by atoms with Crippen LogP contribution in [0.3, 0.4) is 0 Å². The van der Waals surface area contributed by atoms with Crippen molar-refractivity contribution in [3.05, 3.63) is 288 Å². The van der Waals surface area contributed by atoms with Gasteiger partial charge in [0.05, 0.1) is 73.5 Å². The fourth-order valence-corrected chi connectivity index (χ4v) is 19.4. The van der Waals surface area contributed by atoms with Gasteiger partial charge in [-0.25, -0.2) is 82.2 Å². The number of hydrogen-bond acceptors (Lipinski definition) is 21. The fraction of sp³-hybridized carbons (Fsp3) is 0.360. The van der Waals surface area contributed by atoms with E-state index >= 15 is 0 Å². The Hall–Kier alpha value is -13.2. The number of ether oxygens (including phenoxy) is 4. The van der Waals surface area contributed by atoms with Gasteiger partial charge in [-0.05, 0) is 203 Å². The molecule has 16 heterocycles. The third-order valence-corrected chi connectivity index (χ3v) is 25.7. The molecule has 30 heteroatoms. The monoisotopic (exact) mass is 1780 g/mol. The molecule has 130 heavy (non-hydrogen) atoms. The Kier molecular flexibility index (Phi) is 30.2. The summed E-state index contributed by atoms with van der Waals surface area (Å²) in [7, 11) is 0. The van der Waals surface area contributed by atoms with Crippen molar-refractivity contribution in [2.24, 2.45) is 23.7 Å². The van der Waals surface area contributed by atoms with E-state index in [2.05, 4.69) is 79.8 Å². The molecule has 3 amide bonds. The van der Waals surface area contributed by atoms with Crippen LogP contribution in [0.4, 0.5) is 17.6 Å². The average molecular weight is 1780 g/mol. The van der Waals surface area contributed by atoms with Crippen LogP contribution >= 0.6 is 12.4 Å². The molecule has 25 nitrogen and oxygen atoms in total. The second kappa shape index (κ2) is 42.8. The third kappa shape index (κ3) is 22.2. The molecule has 20 rings (SSSR count). The summed E-state index contributed by atoms with van der Waals surface area (Å²) in [5, 5.41) is 12.7. The minimum absolute atomic E-state index is 0. The number of aromatic nitrogens is 12. The zero-order valence-corrected chi connectivity index (χ0v) is 73.5. The Labute approximate surface area is 758 Å². The molecule has 0 aliphatic carbocycles. The van der Waals surface area contributed by atoms with Crippen LogP contribution in [0.25, 0.3) is 45.6 Å². The minimum atomic E-state index is -0.967. The van der Waals surface area contributed by atoms with Crippen LogP contribution in [0.1, 0.15) is 166 Å². The number of rotatable bonds is 20. The molecule has 2 N–H and O–H groups in total. The van der Waals surface area contributed by atoms with Gasteiger partial charge in [0.1, 0.15) is 23.3 Å². The van der Waals surface area contributed by atoms with E-state index < -0.39 is 5.97 Å². The van der Waals surface area contributed by atoms with E-state index in [-0.39, 0.29) is 113 Å². The SMILES string of the molecule is Cc1ccc(-c2ncccn2)c(C(=O)N2C3CCC(COc4ccc(F)cn4)C2CC3)c1.Cc1ccc(-c2ncccn2)c(C(=O)N2C3CC[C@H](COc4ccc(F)cn4)[C@@H]2CC3)c1.Cc1ccc(-c2ncccn2)c(C(=O)N2C3CC[C@H]2CC[C@@H]3COc2ccc(F)cn2)c1.Cc1ccc(-c2ncccn2)c(C(=O)O)c1.Cl.Fc1ccc(OCC2CCC3CCC2N3)nc1. The number of fused-ring (bicyclic) bond motifs is 8. The lowest BCUT2D eigenvalue weighted by Gasteiger charge is -2.40. The number of aromatic carboxylic acids is 1. The number of nitrogens with zero attached hydrogens (tertiary/aromatic N) is 15.